The van der Waals surface area contributed by atoms with E-state index in [0.717, 1.165) is 18.5 Å². The summed E-state index contributed by atoms with van der Waals surface area (Å²) >= 11 is 6.27. The van der Waals surface area contributed by atoms with Crippen LogP contribution in [0.15, 0.2) is 29.1 Å². The molecule has 3 rings (SSSR count). The van der Waals surface area contributed by atoms with Crippen LogP contribution < -0.4 is 10.3 Å². The molecule has 1 N–H and O–H groups in total. The fourth-order valence-corrected chi connectivity index (χ4v) is 3.19. The number of hydrogen-bond donors (Lipinski definition) is 1. The zero-order chi connectivity index (χ0) is 14.8. The molecule has 1 heterocycles. The van der Waals surface area contributed by atoms with Crippen LogP contribution in [0.25, 0.3) is 11.4 Å². The minimum atomic E-state index is -0.149. The van der Waals surface area contributed by atoms with Gasteiger partial charge in [-0.3, -0.25) is 4.79 Å². The van der Waals surface area contributed by atoms with E-state index in [2.05, 4.69) is 9.97 Å². The zero-order valence-corrected chi connectivity index (χ0v) is 12.6. The molecule has 1 fully saturated rings. The second kappa shape index (κ2) is 5.90. The SMILES string of the molecule is COc1cccc(Cl)c1-c1nc(C2CCCC2)cc(=O)[nH]1. The number of methoxy groups -OCH3 is 1. The summed E-state index contributed by atoms with van der Waals surface area (Å²) in [5.41, 5.74) is 1.34. The van der Waals surface area contributed by atoms with Crippen molar-refractivity contribution in [3.05, 3.63) is 45.3 Å². The number of hydrogen-bond acceptors (Lipinski definition) is 3. The van der Waals surface area contributed by atoms with Gasteiger partial charge < -0.3 is 9.72 Å². The van der Waals surface area contributed by atoms with Crippen LogP contribution >= 0.6 is 11.6 Å². The topological polar surface area (TPSA) is 55.0 Å². The highest BCUT2D eigenvalue weighted by Crippen LogP contribution is 2.36. The lowest BCUT2D eigenvalue weighted by Crippen LogP contribution is -2.12. The minimum absolute atomic E-state index is 0.149. The van der Waals surface area contributed by atoms with Crippen molar-refractivity contribution < 1.29 is 4.74 Å². The normalized spacial score (nSPS) is 15.3. The first-order valence-electron chi connectivity index (χ1n) is 7.13. The molecule has 5 heteroatoms. The number of ether oxygens (including phenoxy) is 1. The van der Waals surface area contributed by atoms with Crippen molar-refractivity contribution in [2.75, 3.05) is 7.11 Å². The number of halogens is 1. The average Bonchev–Trinajstić information content (AvgIpc) is 3.00. The Balaban J connectivity index is 2.13. The Bertz CT molecular complexity index is 706. The molecule has 1 aliphatic rings. The van der Waals surface area contributed by atoms with Gasteiger partial charge in [-0.2, -0.15) is 0 Å². The van der Waals surface area contributed by atoms with E-state index in [1.54, 1.807) is 19.2 Å². The van der Waals surface area contributed by atoms with Crippen LogP contribution in [-0.2, 0) is 0 Å². The number of nitrogens with one attached hydrogen (secondary N) is 1. The highest BCUT2D eigenvalue weighted by molar-refractivity contribution is 6.33. The summed E-state index contributed by atoms with van der Waals surface area (Å²) in [7, 11) is 1.58. The molecule has 0 bridgehead atoms. The molecule has 0 aliphatic heterocycles. The summed E-state index contributed by atoms with van der Waals surface area (Å²) in [5.74, 6) is 1.46. The van der Waals surface area contributed by atoms with Gasteiger partial charge in [0.25, 0.3) is 5.56 Å². The summed E-state index contributed by atoms with van der Waals surface area (Å²) in [6, 6.07) is 6.98. The summed E-state index contributed by atoms with van der Waals surface area (Å²) < 4.78 is 5.34. The Labute approximate surface area is 128 Å². The molecule has 0 amide bonds. The first kappa shape index (κ1) is 14.1. The Morgan fingerprint density at radius 1 is 1.33 bits per heavy atom. The fraction of sp³-hybridized carbons (Fsp3) is 0.375. The lowest BCUT2D eigenvalue weighted by Gasteiger charge is -2.13. The van der Waals surface area contributed by atoms with Crippen molar-refractivity contribution in [3.63, 3.8) is 0 Å². The van der Waals surface area contributed by atoms with Gasteiger partial charge >= 0.3 is 0 Å². The first-order chi connectivity index (χ1) is 10.2. The van der Waals surface area contributed by atoms with E-state index in [4.69, 9.17) is 16.3 Å². The molecule has 0 saturated heterocycles. The van der Waals surface area contributed by atoms with E-state index in [0.29, 0.717) is 28.1 Å². The molecule has 1 saturated carbocycles. The molecular weight excluding hydrogens is 288 g/mol. The van der Waals surface area contributed by atoms with E-state index in [9.17, 15) is 4.79 Å². The first-order valence-corrected chi connectivity index (χ1v) is 7.51. The Morgan fingerprint density at radius 2 is 2.10 bits per heavy atom. The molecule has 1 aromatic carbocycles. The molecule has 110 valence electrons. The van der Waals surface area contributed by atoms with Gasteiger partial charge in [0.1, 0.15) is 11.6 Å². The second-order valence-electron chi connectivity index (χ2n) is 5.32. The van der Waals surface area contributed by atoms with E-state index < -0.39 is 0 Å². The van der Waals surface area contributed by atoms with Crippen molar-refractivity contribution >= 4 is 11.6 Å². The van der Waals surface area contributed by atoms with Gasteiger partial charge in [-0.05, 0) is 25.0 Å². The highest BCUT2D eigenvalue weighted by Gasteiger charge is 2.21. The van der Waals surface area contributed by atoms with Crippen molar-refractivity contribution in [1.82, 2.24) is 9.97 Å². The molecule has 2 aromatic rings. The highest BCUT2D eigenvalue weighted by atomic mass is 35.5. The molecule has 0 unspecified atom stereocenters. The van der Waals surface area contributed by atoms with E-state index in [1.165, 1.54) is 12.8 Å². The molecule has 0 spiro atoms. The number of H-pyrrole nitrogens is 1. The lowest BCUT2D eigenvalue weighted by molar-refractivity contribution is 0.416. The lowest BCUT2D eigenvalue weighted by atomic mass is 10.0. The van der Waals surface area contributed by atoms with Crippen LogP contribution in [0.5, 0.6) is 5.75 Å². The largest absolute Gasteiger partial charge is 0.496 e. The predicted octanol–water partition coefficient (Wildman–Crippen LogP) is 3.76. The third-order valence-corrected chi connectivity index (χ3v) is 4.28. The maximum absolute atomic E-state index is 12.0. The standard InChI is InChI=1S/C16H17ClN2O2/c1-21-13-8-4-7-11(17)15(13)16-18-12(9-14(20)19-16)10-5-2-3-6-10/h4,7-10H,2-3,5-6H2,1H3,(H,18,19,20). The number of benzene rings is 1. The number of nitrogens with zero attached hydrogens (tertiary/aromatic N) is 1. The second-order valence-corrected chi connectivity index (χ2v) is 5.72. The molecular formula is C16H17ClN2O2. The van der Waals surface area contributed by atoms with Crippen LogP contribution in [0, 0.1) is 0 Å². The summed E-state index contributed by atoms with van der Waals surface area (Å²) in [6.45, 7) is 0. The van der Waals surface area contributed by atoms with E-state index in [-0.39, 0.29) is 5.56 Å². The van der Waals surface area contributed by atoms with Crippen molar-refractivity contribution in [3.8, 4) is 17.1 Å². The Kier molecular flexibility index (Phi) is 3.97. The maximum Gasteiger partial charge on any atom is 0.251 e. The van der Waals surface area contributed by atoms with Gasteiger partial charge in [0, 0.05) is 12.0 Å². The molecule has 21 heavy (non-hydrogen) atoms. The average molecular weight is 305 g/mol. The molecule has 4 nitrogen and oxygen atoms in total. The number of rotatable bonds is 3. The molecule has 0 atom stereocenters. The zero-order valence-electron chi connectivity index (χ0n) is 11.9. The van der Waals surface area contributed by atoms with Crippen LogP contribution in [-0.4, -0.2) is 17.1 Å². The van der Waals surface area contributed by atoms with Gasteiger partial charge in [0.05, 0.1) is 23.4 Å². The summed E-state index contributed by atoms with van der Waals surface area (Å²) in [6.07, 6.45) is 4.58. The van der Waals surface area contributed by atoms with Gasteiger partial charge in [-0.1, -0.05) is 30.5 Å². The molecule has 1 aliphatic carbocycles. The number of aromatic amines is 1. The molecule has 1 aromatic heterocycles. The van der Waals surface area contributed by atoms with Gasteiger partial charge in [0.2, 0.25) is 0 Å². The van der Waals surface area contributed by atoms with Crippen LogP contribution in [0.2, 0.25) is 5.02 Å². The molecule has 0 radical (unpaired) electrons. The number of aromatic nitrogens is 2. The predicted molar refractivity (Wildman–Crippen MR) is 83.1 cm³/mol. The maximum atomic E-state index is 12.0. The summed E-state index contributed by atoms with van der Waals surface area (Å²) in [4.78, 5) is 19.4. The fourth-order valence-electron chi connectivity index (χ4n) is 2.93. The van der Waals surface area contributed by atoms with Gasteiger partial charge in [-0.25, -0.2) is 4.98 Å². The Morgan fingerprint density at radius 3 is 2.81 bits per heavy atom. The quantitative estimate of drug-likeness (QED) is 0.939. The minimum Gasteiger partial charge on any atom is -0.496 e. The van der Waals surface area contributed by atoms with Crippen molar-refractivity contribution in [2.24, 2.45) is 0 Å². The van der Waals surface area contributed by atoms with Crippen LogP contribution in [0.1, 0.15) is 37.3 Å². The van der Waals surface area contributed by atoms with Crippen molar-refractivity contribution in [1.29, 1.82) is 0 Å². The van der Waals surface area contributed by atoms with Crippen LogP contribution in [0.3, 0.4) is 0 Å². The Hall–Kier alpha value is -1.81. The van der Waals surface area contributed by atoms with Crippen molar-refractivity contribution in [2.45, 2.75) is 31.6 Å². The van der Waals surface area contributed by atoms with Gasteiger partial charge in [0.15, 0.2) is 0 Å². The van der Waals surface area contributed by atoms with E-state index >= 15 is 0 Å². The monoisotopic (exact) mass is 304 g/mol. The third kappa shape index (κ3) is 2.81. The van der Waals surface area contributed by atoms with E-state index in [1.807, 2.05) is 12.1 Å². The van der Waals surface area contributed by atoms with Gasteiger partial charge in [-0.15, -0.1) is 0 Å². The third-order valence-electron chi connectivity index (χ3n) is 3.97. The van der Waals surface area contributed by atoms with Crippen LogP contribution in [0.4, 0.5) is 0 Å². The summed E-state index contributed by atoms with van der Waals surface area (Å²) in [5, 5.41) is 0.515. The smallest absolute Gasteiger partial charge is 0.251 e.